The molecule has 1 unspecified atom stereocenters. The summed E-state index contributed by atoms with van der Waals surface area (Å²) in [5.41, 5.74) is 1.97. The smallest absolute Gasteiger partial charge is 0.257 e. The van der Waals surface area contributed by atoms with Crippen LogP contribution in [0.3, 0.4) is 0 Å². The van der Waals surface area contributed by atoms with Gasteiger partial charge in [0.15, 0.2) is 0 Å². The number of nitrogens with one attached hydrogen (secondary N) is 1. The van der Waals surface area contributed by atoms with Crippen molar-refractivity contribution in [3.8, 4) is 5.75 Å². The molecule has 2 aromatic carbocycles. The number of hydrogen-bond donors (Lipinski definition) is 1. The van der Waals surface area contributed by atoms with Crippen LogP contribution in [-0.2, 0) is 4.74 Å². The molecule has 5 nitrogen and oxygen atoms in total. The summed E-state index contributed by atoms with van der Waals surface area (Å²) in [6.45, 7) is 2.22. The number of carbonyl (C=O) groups is 1. The molecule has 2 aliphatic rings. The number of ether oxygens (including phenoxy) is 2. The molecule has 0 bridgehead atoms. The Morgan fingerprint density at radius 1 is 1.25 bits per heavy atom. The lowest BCUT2D eigenvalue weighted by Gasteiger charge is -2.18. The molecule has 1 N–H and O–H groups in total. The van der Waals surface area contributed by atoms with Gasteiger partial charge in [-0.25, -0.2) is 0 Å². The van der Waals surface area contributed by atoms with Crippen LogP contribution in [0.5, 0.6) is 5.75 Å². The van der Waals surface area contributed by atoms with Crippen molar-refractivity contribution in [1.29, 1.82) is 0 Å². The van der Waals surface area contributed by atoms with Gasteiger partial charge in [-0.3, -0.25) is 4.79 Å². The van der Waals surface area contributed by atoms with Gasteiger partial charge < -0.3 is 19.1 Å². The predicted molar refractivity (Wildman–Crippen MR) is 115 cm³/mol. The highest BCUT2D eigenvalue weighted by Crippen LogP contribution is 2.32. The SMILES string of the molecule is O=C(Nc1cc(Cl)cc(OC2CCOC2)c1)c1cc(N2CCCS2)ccc1Cl. The lowest BCUT2D eigenvalue weighted by Crippen LogP contribution is -2.17. The van der Waals surface area contributed by atoms with E-state index in [9.17, 15) is 4.79 Å². The Kier molecular flexibility index (Phi) is 6.21. The fourth-order valence-electron chi connectivity index (χ4n) is 3.19. The van der Waals surface area contributed by atoms with E-state index in [-0.39, 0.29) is 12.0 Å². The van der Waals surface area contributed by atoms with E-state index in [2.05, 4.69) is 9.62 Å². The third-order valence-electron chi connectivity index (χ3n) is 4.56. The number of benzene rings is 2. The summed E-state index contributed by atoms with van der Waals surface area (Å²) in [5, 5.41) is 3.77. The normalized spacial score (nSPS) is 19.1. The standard InChI is InChI=1S/C20H20Cl2N2O3S/c21-13-8-14(10-17(9-13)27-16-4-6-26-12-16)23-20(25)18-11-15(2-3-19(18)22)24-5-1-7-28-24/h2-3,8-11,16H,1,4-7,12H2,(H,23,25). The molecule has 0 radical (unpaired) electrons. The maximum Gasteiger partial charge on any atom is 0.257 e. The summed E-state index contributed by atoms with van der Waals surface area (Å²) in [6.07, 6.45) is 1.98. The second-order valence-corrected chi connectivity index (χ2v) is 8.64. The van der Waals surface area contributed by atoms with Crippen molar-refractivity contribution in [2.45, 2.75) is 18.9 Å². The third-order valence-corrected chi connectivity index (χ3v) is 6.28. The van der Waals surface area contributed by atoms with Crippen LogP contribution in [0.4, 0.5) is 11.4 Å². The fourth-order valence-corrected chi connectivity index (χ4v) is 4.62. The molecule has 2 heterocycles. The summed E-state index contributed by atoms with van der Waals surface area (Å²) in [4.78, 5) is 12.8. The van der Waals surface area contributed by atoms with E-state index in [1.54, 1.807) is 36.2 Å². The third kappa shape index (κ3) is 4.69. The van der Waals surface area contributed by atoms with Crippen LogP contribution in [0.1, 0.15) is 23.2 Å². The quantitative estimate of drug-likeness (QED) is 0.644. The maximum absolute atomic E-state index is 12.8. The van der Waals surface area contributed by atoms with Gasteiger partial charge in [0, 0.05) is 41.2 Å². The monoisotopic (exact) mass is 438 g/mol. The van der Waals surface area contributed by atoms with Crippen LogP contribution in [-0.4, -0.2) is 37.5 Å². The molecule has 8 heteroatoms. The lowest BCUT2D eigenvalue weighted by atomic mass is 10.1. The van der Waals surface area contributed by atoms with Crippen LogP contribution >= 0.6 is 35.1 Å². The summed E-state index contributed by atoms with van der Waals surface area (Å²) in [7, 11) is 0. The Balaban J connectivity index is 1.51. The molecule has 2 aliphatic heterocycles. The highest BCUT2D eigenvalue weighted by atomic mass is 35.5. The van der Waals surface area contributed by atoms with Crippen LogP contribution in [0.2, 0.25) is 10.0 Å². The number of rotatable bonds is 5. The van der Waals surface area contributed by atoms with Crippen LogP contribution in [0.25, 0.3) is 0 Å². The number of hydrogen-bond acceptors (Lipinski definition) is 5. The first-order valence-corrected chi connectivity index (χ1v) is 10.8. The van der Waals surface area contributed by atoms with Crippen LogP contribution in [0.15, 0.2) is 36.4 Å². The van der Waals surface area contributed by atoms with Gasteiger partial charge in [-0.1, -0.05) is 23.2 Å². The van der Waals surface area contributed by atoms with E-state index < -0.39 is 0 Å². The van der Waals surface area contributed by atoms with E-state index in [0.29, 0.717) is 40.3 Å². The molecule has 4 rings (SSSR count). The Labute approximate surface area is 178 Å². The maximum atomic E-state index is 12.8. The molecule has 0 aromatic heterocycles. The summed E-state index contributed by atoms with van der Waals surface area (Å²) in [6, 6.07) is 10.7. The van der Waals surface area contributed by atoms with Crippen molar-refractivity contribution in [3.05, 3.63) is 52.0 Å². The van der Waals surface area contributed by atoms with Crippen molar-refractivity contribution in [2.24, 2.45) is 0 Å². The molecule has 2 saturated heterocycles. The zero-order chi connectivity index (χ0) is 19.5. The number of nitrogens with zero attached hydrogens (tertiary/aromatic N) is 1. The van der Waals surface area contributed by atoms with Gasteiger partial charge >= 0.3 is 0 Å². The van der Waals surface area contributed by atoms with Gasteiger partial charge in [0.25, 0.3) is 5.91 Å². The zero-order valence-corrected chi connectivity index (χ0v) is 17.4. The Morgan fingerprint density at radius 2 is 2.14 bits per heavy atom. The second-order valence-electron chi connectivity index (χ2n) is 6.69. The van der Waals surface area contributed by atoms with Gasteiger partial charge in [0.1, 0.15) is 11.9 Å². The van der Waals surface area contributed by atoms with Crippen molar-refractivity contribution in [1.82, 2.24) is 0 Å². The van der Waals surface area contributed by atoms with Crippen LogP contribution in [0, 0.1) is 0 Å². The van der Waals surface area contributed by atoms with E-state index in [0.717, 1.165) is 30.8 Å². The molecule has 28 heavy (non-hydrogen) atoms. The molecule has 0 saturated carbocycles. The van der Waals surface area contributed by atoms with E-state index in [4.69, 9.17) is 32.7 Å². The fraction of sp³-hybridized carbons (Fsp3) is 0.350. The first-order valence-electron chi connectivity index (χ1n) is 9.15. The molecule has 1 atom stereocenters. The number of halogens is 2. The minimum atomic E-state index is -0.284. The topological polar surface area (TPSA) is 50.8 Å². The van der Waals surface area contributed by atoms with Gasteiger partial charge in [0.05, 0.1) is 23.8 Å². The first kappa shape index (κ1) is 19.7. The second kappa shape index (κ2) is 8.82. The average molecular weight is 439 g/mol. The van der Waals surface area contributed by atoms with Crippen molar-refractivity contribution in [2.75, 3.05) is 35.1 Å². The molecule has 2 fully saturated rings. The molecular formula is C20H20Cl2N2O3S. The largest absolute Gasteiger partial charge is 0.488 e. The Morgan fingerprint density at radius 3 is 2.89 bits per heavy atom. The van der Waals surface area contributed by atoms with E-state index >= 15 is 0 Å². The van der Waals surface area contributed by atoms with Gasteiger partial charge in [0.2, 0.25) is 0 Å². The lowest BCUT2D eigenvalue weighted by molar-refractivity contribution is 0.102. The molecule has 0 spiro atoms. The number of amides is 1. The zero-order valence-electron chi connectivity index (χ0n) is 15.1. The molecular weight excluding hydrogens is 419 g/mol. The minimum Gasteiger partial charge on any atom is -0.488 e. The van der Waals surface area contributed by atoms with E-state index in [1.165, 1.54) is 0 Å². The number of anilines is 2. The molecule has 148 valence electrons. The van der Waals surface area contributed by atoms with Crippen LogP contribution < -0.4 is 14.4 Å². The summed E-state index contributed by atoms with van der Waals surface area (Å²) >= 11 is 14.3. The summed E-state index contributed by atoms with van der Waals surface area (Å²) < 4.78 is 13.4. The van der Waals surface area contributed by atoms with Gasteiger partial charge in [-0.2, -0.15) is 0 Å². The van der Waals surface area contributed by atoms with Crippen molar-refractivity contribution in [3.63, 3.8) is 0 Å². The van der Waals surface area contributed by atoms with Gasteiger partial charge in [-0.05, 0) is 48.7 Å². The highest BCUT2D eigenvalue weighted by Gasteiger charge is 2.19. The Bertz CT molecular complexity index is 869. The van der Waals surface area contributed by atoms with Crippen molar-refractivity contribution >= 4 is 52.4 Å². The minimum absolute atomic E-state index is 0.00565. The van der Waals surface area contributed by atoms with Gasteiger partial charge in [-0.15, -0.1) is 0 Å². The Hall–Kier alpha value is -1.60. The van der Waals surface area contributed by atoms with E-state index in [1.807, 2.05) is 12.1 Å². The van der Waals surface area contributed by atoms with Crippen molar-refractivity contribution < 1.29 is 14.3 Å². The number of carbonyl (C=O) groups excluding carboxylic acids is 1. The molecule has 1 amide bonds. The first-order chi connectivity index (χ1) is 13.6. The highest BCUT2D eigenvalue weighted by molar-refractivity contribution is 8.00. The molecule has 2 aromatic rings. The predicted octanol–water partition coefficient (Wildman–Crippen LogP) is 5.27. The average Bonchev–Trinajstić information content (AvgIpc) is 3.35. The molecule has 0 aliphatic carbocycles. The summed E-state index contributed by atoms with van der Waals surface area (Å²) in [5.74, 6) is 1.40.